The van der Waals surface area contributed by atoms with E-state index >= 15 is 0 Å². The van der Waals surface area contributed by atoms with Gasteiger partial charge in [-0.1, -0.05) is 13.5 Å². The van der Waals surface area contributed by atoms with Gasteiger partial charge in [-0.3, -0.25) is 4.79 Å². The van der Waals surface area contributed by atoms with Gasteiger partial charge in [0.05, 0.1) is 0 Å². The molecule has 0 heterocycles. The zero-order valence-corrected chi connectivity index (χ0v) is 5.32. The van der Waals surface area contributed by atoms with Gasteiger partial charge in [-0.25, -0.2) is 4.39 Å². The van der Waals surface area contributed by atoms with Crippen LogP contribution in [0.5, 0.6) is 0 Å². The van der Waals surface area contributed by atoms with Crippen LogP contribution in [-0.4, -0.2) is 12.6 Å². The van der Waals surface area contributed by atoms with Crippen LogP contribution in [0.25, 0.3) is 0 Å². The minimum absolute atomic E-state index is 0.123. The molecule has 0 aliphatic heterocycles. The Morgan fingerprint density at radius 3 is 2.67 bits per heavy atom. The summed E-state index contributed by atoms with van der Waals surface area (Å²) in [5.41, 5.74) is 0. The molecule has 0 aromatic rings. The van der Waals surface area contributed by atoms with E-state index in [1.807, 2.05) is 0 Å². The van der Waals surface area contributed by atoms with E-state index in [1.54, 1.807) is 6.92 Å². The van der Waals surface area contributed by atoms with Gasteiger partial charge in [-0.05, 0) is 0 Å². The summed E-state index contributed by atoms with van der Waals surface area (Å²) in [4.78, 5) is 10.3. The van der Waals surface area contributed by atoms with E-state index in [4.69, 9.17) is 0 Å². The molecule has 9 heavy (non-hydrogen) atoms. The molecule has 0 fully saturated rings. The summed E-state index contributed by atoms with van der Waals surface area (Å²) in [5, 5.41) is 0. The highest BCUT2D eigenvalue weighted by Gasteiger charge is 1.99. The Bertz CT molecular complexity index is 106. The quantitative estimate of drug-likeness (QED) is 0.429. The van der Waals surface area contributed by atoms with Crippen molar-refractivity contribution >= 4 is 5.97 Å². The van der Waals surface area contributed by atoms with E-state index in [0.717, 1.165) is 0 Å². The van der Waals surface area contributed by atoms with E-state index in [1.165, 1.54) is 0 Å². The molecule has 0 aliphatic rings. The number of halogens is 1. The van der Waals surface area contributed by atoms with Gasteiger partial charge >= 0.3 is 5.97 Å². The molecule has 0 radical (unpaired) electrons. The molecule has 0 aromatic carbocycles. The van der Waals surface area contributed by atoms with E-state index < -0.39 is 12.6 Å². The van der Waals surface area contributed by atoms with Gasteiger partial charge in [-0.2, -0.15) is 0 Å². The minimum Gasteiger partial charge on any atom is -0.429 e. The zero-order valence-electron chi connectivity index (χ0n) is 5.32. The van der Waals surface area contributed by atoms with Crippen molar-refractivity contribution in [2.75, 3.05) is 6.67 Å². The lowest BCUT2D eigenvalue weighted by Gasteiger charge is -1.99. The van der Waals surface area contributed by atoms with Crippen molar-refractivity contribution in [1.29, 1.82) is 0 Å². The van der Waals surface area contributed by atoms with Crippen LogP contribution in [0.3, 0.4) is 0 Å². The Kier molecular flexibility index (Phi) is 3.67. The van der Waals surface area contributed by atoms with Gasteiger partial charge in [0.1, 0.15) is 12.4 Å². The van der Waals surface area contributed by atoms with Crippen molar-refractivity contribution in [3.05, 3.63) is 12.3 Å². The first kappa shape index (κ1) is 8.14. The zero-order chi connectivity index (χ0) is 7.28. The molecule has 0 rings (SSSR count). The Balaban J connectivity index is 3.47. The second kappa shape index (κ2) is 4.06. The SMILES string of the molecule is C=C(CF)OC(=O)CC. The number of carbonyl (C=O) groups is 1. The molecule has 0 saturated heterocycles. The highest BCUT2D eigenvalue weighted by Crippen LogP contribution is 1.95. The van der Waals surface area contributed by atoms with Crippen LogP contribution < -0.4 is 0 Å². The summed E-state index contributed by atoms with van der Waals surface area (Å²) >= 11 is 0. The van der Waals surface area contributed by atoms with Crippen molar-refractivity contribution in [3.8, 4) is 0 Å². The number of alkyl halides is 1. The first-order valence-corrected chi connectivity index (χ1v) is 2.65. The maximum Gasteiger partial charge on any atom is 0.310 e. The number of allylic oxidation sites excluding steroid dienone is 1. The van der Waals surface area contributed by atoms with Gasteiger partial charge in [0.15, 0.2) is 0 Å². The van der Waals surface area contributed by atoms with Crippen molar-refractivity contribution in [2.45, 2.75) is 13.3 Å². The second-order valence-corrected chi connectivity index (χ2v) is 1.50. The van der Waals surface area contributed by atoms with Crippen molar-refractivity contribution in [2.24, 2.45) is 0 Å². The normalized spacial score (nSPS) is 8.67. The van der Waals surface area contributed by atoms with E-state index in [9.17, 15) is 9.18 Å². The molecule has 0 atom stereocenters. The number of rotatable bonds is 3. The van der Waals surface area contributed by atoms with Crippen LogP contribution in [0, 0.1) is 0 Å². The van der Waals surface area contributed by atoms with Gasteiger partial charge in [0, 0.05) is 6.42 Å². The van der Waals surface area contributed by atoms with Crippen molar-refractivity contribution in [3.63, 3.8) is 0 Å². The Hall–Kier alpha value is -0.860. The second-order valence-electron chi connectivity index (χ2n) is 1.50. The number of hydrogen-bond acceptors (Lipinski definition) is 2. The van der Waals surface area contributed by atoms with E-state index in [-0.39, 0.29) is 12.2 Å². The predicted molar refractivity (Wildman–Crippen MR) is 31.5 cm³/mol. The van der Waals surface area contributed by atoms with Gasteiger partial charge in [0.2, 0.25) is 0 Å². The molecule has 3 heteroatoms. The third-order valence-electron chi connectivity index (χ3n) is 0.696. The minimum atomic E-state index is -0.800. The highest BCUT2D eigenvalue weighted by molar-refractivity contribution is 5.70. The molecule has 52 valence electrons. The van der Waals surface area contributed by atoms with Crippen LogP contribution in [0.15, 0.2) is 12.3 Å². The molecule has 2 nitrogen and oxygen atoms in total. The smallest absolute Gasteiger partial charge is 0.310 e. The molecule has 0 saturated carbocycles. The molecule has 0 spiro atoms. The third kappa shape index (κ3) is 3.70. The van der Waals surface area contributed by atoms with E-state index in [2.05, 4.69) is 11.3 Å². The molecule has 0 amide bonds. The van der Waals surface area contributed by atoms with Gasteiger partial charge in [-0.15, -0.1) is 0 Å². The van der Waals surface area contributed by atoms with Crippen LogP contribution in [-0.2, 0) is 9.53 Å². The highest BCUT2D eigenvalue weighted by atomic mass is 19.1. The lowest BCUT2D eigenvalue weighted by Crippen LogP contribution is -2.02. The fraction of sp³-hybridized carbons (Fsp3) is 0.500. The average Bonchev–Trinajstić information content (AvgIpc) is 1.87. The van der Waals surface area contributed by atoms with Crippen LogP contribution in [0.2, 0.25) is 0 Å². The largest absolute Gasteiger partial charge is 0.429 e. The molecule has 0 unspecified atom stereocenters. The average molecular weight is 132 g/mol. The number of hydrogen-bond donors (Lipinski definition) is 0. The number of ether oxygens (including phenoxy) is 1. The maximum absolute atomic E-state index is 11.5. The van der Waals surface area contributed by atoms with Crippen molar-refractivity contribution in [1.82, 2.24) is 0 Å². The molecular weight excluding hydrogens is 123 g/mol. The summed E-state index contributed by atoms with van der Waals surface area (Å²) in [7, 11) is 0. The van der Waals surface area contributed by atoms with Gasteiger partial charge < -0.3 is 4.74 Å². The fourth-order valence-electron chi connectivity index (χ4n) is 0.260. The fourth-order valence-corrected chi connectivity index (χ4v) is 0.260. The van der Waals surface area contributed by atoms with E-state index in [0.29, 0.717) is 0 Å². The Morgan fingerprint density at radius 1 is 1.78 bits per heavy atom. The third-order valence-corrected chi connectivity index (χ3v) is 0.696. The first-order chi connectivity index (χ1) is 4.20. The molecular formula is C6H9FO2. The van der Waals surface area contributed by atoms with Crippen molar-refractivity contribution < 1.29 is 13.9 Å². The van der Waals surface area contributed by atoms with Gasteiger partial charge in [0.25, 0.3) is 0 Å². The van der Waals surface area contributed by atoms with Crippen LogP contribution >= 0.6 is 0 Å². The molecule has 0 bridgehead atoms. The summed E-state index contributed by atoms with van der Waals surface area (Å²) < 4.78 is 15.8. The standard InChI is InChI=1S/C6H9FO2/c1-3-6(8)9-5(2)4-7/h2-4H2,1H3. The summed E-state index contributed by atoms with van der Waals surface area (Å²) in [6.07, 6.45) is 0.249. The lowest BCUT2D eigenvalue weighted by atomic mass is 10.5. The lowest BCUT2D eigenvalue weighted by molar-refractivity contribution is -0.139. The van der Waals surface area contributed by atoms with Crippen LogP contribution in [0.4, 0.5) is 4.39 Å². The summed E-state index contributed by atoms with van der Waals surface area (Å²) in [5.74, 6) is -0.570. The molecule has 0 N–H and O–H groups in total. The molecule has 0 aliphatic carbocycles. The first-order valence-electron chi connectivity index (χ1n) is 2.65. The monoisotopic (exact) mass is 132 g/mol. The van der Waals surface area contributed by atoms with Crippen LogP contribution in [0.1, 0.15) is 13.3 Å². The Labute approximate surface area is 53.3 Å². The predicted octanol–water partition coefficient (Wildman–Crippen LogP) is 1.42. The molecule has 0 aromatic heterocycles. The summed E-state index contributed by atoms with van der Waals surface area (Å²) in [6, 6.07) is 0. The maximum atomic E-state index is 11.5. The summed E-state index contributed by atoms with van der Waals surface area (Å²) in [6.45, 7) is 3.98. The Morgan fingerprint density at radius 2 is 2.33 bits per heavy atom. The number of carbonyl (C=O) groups excluding carboxylic acids is 1. The topological polar surface area (TPSA) is 26.3 Å². The number of esters is 1.